The Kier molecular flexibility index (Phi) is 2.95. The third-order valence-corrected chi connectivity index (χ3v) is 2.64. The number of nitrogens with zero attached hydrogens (tertiary/aromatic N) is 1. The van der Waals surface area contributed by atoms with Crippen LogP contribution in [0.4, 0.5) is 5.69 Å². The summed E-state index contributed by atoms with van der Waals surface area (Å²) < 4.78 is 5.42. The second kappa shape index (κ2) is 4.39. The molecule has 16 heavy (non-hydrogen) atoms. The zero-order valence-corrected chi connectivity index (χ0v) is 9.66. The molecule has 1 aromatic heterocycles. The van der Waals surface area contributed by atoms with E-state index < -0.39 is 0 Å². The van der Waals surface area contributed by atoms with Crippen LogP contribution in [0.3, 0.4) is 0 Å². The van der Waals surface area contributed by atoms with Gasteiger partial charge in [-0.15, -0.1) is 0 Å². The number of rotatable bonds is 3. The summed E-state index contributed by atoms with van der Waals surface area (Å²) >= 11 is 0. The number of oxazole rings is 1. The van der Waals surface area contributed by atoms with Gasteiger partial charge in [-0.2, -0.15) is 0 Å². The zero-order chi connectivity index (χ0) is 11.5. The molecular formula is C13H16N2O. The largest absolute Gasteiger partial charge is 0.446 e. The lowest BCUT2D eigenvalue weighted by atomic mass is 10.1. The number of aromatic nitrogens is 1. The third kappa shape index (κ3) is 2.42. The molecule has 0 bridgehead atoms. The van der Waals surface area contributed by atoms with E-state index in [1.54, 1.807) is 6.20 Å². The maximum absolute atomic E-state index is 5.85. The van der Waals surface area contributed by atoms with Gasteiger partial charge in [0.15, 0.2) is 5.89 Å². The first-order valence-electron chi connectivity index (χ1n) is 5.41. The van der Waals surface area contributed by atoms with E-state index in [9.17, 15) is 0 Å². The molecule has 3 heteroatoms. The van der Waals surface area contributed by atoms with Crippen LogP contribution >= 0.6 is 0 Å². The molecule has 0 spiro atoms. The first kappa shape index (κ1) is 10.7. The summed E-state index contributed by atoms with van der Waals surface area (Å²) in [6.45, 7) is 3.91. The first-order valence-corrected chi connectivity index (χ1v) is 5.41. The van der Waals surface area contributed by atoms with E-state index in [1.807, 2.05) is 26.0 Å². The van der Waals surface area contributed by atoms with Gasteiger partial charge < -0.3 is 10.2 Å². The molecule has 0 amide bonds. The SMILES string of the molecule is Cc1cnc(CCc2ccc(C)c(N)c2)o1. The van der Waals surface area contributed by atoms with Crippen LogP contribution in [0.5, 0.6) is 0 Å². The smallest absolute Gasteiger partial charge is 0.194 e. The van der Waals surface area contributed by atoms with Crippen LogP contribution in [0.2, 0.25) is 0 Å². The summed E-state index contributed by atoms with van der Waals surface area (Å²) in [4.78, 5) is 4.17. The fourth-order valence-electron chi connectivity index (χ4n) is 1.61. The highest BCUT2D eigenvalue weighted by Crippen LogP contribution is 2.15. The molecule has 0 aliphatic heterocycles. The molecule has 0 aliphatic rings. The van der Waals surface area contributed by atoms with Gasteiger partial charge in [-0.1, -0.05) is 12.1 Å². The van der Waals surface area contributed by atoms with Gasteiger partial charge >= 0.3 is 0 Å². The predicted molar refractivity (Wildman–Crippen MR) is 64.2 cm³/mol. The highest BCUT2D eigenvalue weighted by atomic mass is 16.3. The molecule has 1 heterocycles. The second-order valence-corrected chi connectivity index (χ2v) is 4.06. The van der Waals surface area contributed by atoms with Crippen LogP contribution < -0.4 is 5.73 Å². The number of benzene rings is 1. The Hall–Kier alpha value is -1.77. The van der Waals surface area contributed by atoms with Crippen LogP contribution in [0.25, 0.3) is 0 Å². The Morgan fingerprint density at radius 2 is 2.06 bits per heavy atom. The Morgan fingerprint density at radius 1 is 1.25 bits per heavy atom. The maximum atomic E-state index is 5.85. The molecule has 84 valence electrons. The molecule has 0 aliphatic carbocycles. The predicted octanol–water partition coefficient (Wildman–Crippen LogP) is 2.66. The summed E-state index contributed by atoms with van der Waals surface area (Å²) in [6.07, 6.45) is 3.47. The van der Waals surface area contributed by atoms with Crippen LogP contribution in [0.15, 0.2) is 28.8 Å². The van der Waals surface area contributed by atoms with Gasteiger partial charge in [-0.3, -0.25) is 0 Å². The Bertz CT molecular complexity index is 488. The van der Waals surface area contributed by atoms with E-state index in [1.165, 1.54) is 5.56 Å². The Labute approximate surface area is 95.3 Å². The molecule has 0 atom stereocenters. The van der Waals surface area contributed by atoms with E-state index >= 15 is 0 Å². The normalized spacial score (nSPS) is 10.6. The van der Waals surface area contributed by atoms with Crippen molar-refractivity contribution in [2.45, 2.75) is 26.7 Å². The van der Waals surface area contributed by atoms with E-state index in [-0.39, 0.29) is 0 Å². The standard InChI is InChI=1S/C13H16N2O/c1-9-3-4-11(7-12(9)14)5-6-13-15-8-10(2)16-13/h3-4,7-8H,5-6,14H2,1-2H3. The number of anilines is 1. The van der Waals surface area contributed by atoms with Gasteiger partial charge in [0, 0.05) is 12.1 Å². The van der Waals surface area contributed by atoms with Crippen LogP contribution in [0, 0.1) is 13.8 Å². The quantitative estimate of drug-likeness (QED) is 0.802. The van der Waals surface area contributed by atoms with Gasteiger partial charge in [0.1, 0.15) is 5.76 Å². The minimum atomic E-state index is 0.789. The fraction of sp³-hybridized carbons (Fsp3) is 0.308. The molecule has 0 saturated heterocycles. The number of aryl methyl sites for hydroxylation is 4. The number of hydrogen-bond donors (Lipinski definition) is 1. The van der Waals surface area contributed by atoms with E-state index in [2.05, 4.69) is 11.1 Å². The molecule has 2 aromatic rings. The molecule has 0 radical (unpaired) electrons. The van der Waals surface area contributed by atoms with Gasteiger partial charge in [0.05, 0.1) is 6.20 Å². The van der Waals surface area contributed by atoms with Crippen molar-refractivity contribution in [2.75, 3.05) is 5.73 Å². The summed E-state index contributed by atoms with van der Waals surface area (Å²) in [5.74, 6) is 1.65. The summed E-state index contributed by atoms with van der Waals surface area (Å²) in [6, 6.07) is 6.16. The van der Waals surface area contributed by atoms with Crippen molar-refractivity contribution in [2.24, 2.45) is 0 Å². The van der Waals surface area contributed by atoms with Crippen molar-refractivity contribution >= 4 is 5.69 Å². The zero-order valence-electron chi connectivity index (χ0n) is 9.66. The molecule has 0 saturated carbocycles. The summed E-state index contributed by atoms with van der Waals surface area (Å²) in [5.41, 5.74) is 9.05. The molecule has 3 nitrogen and oxygen atoms in total. The van der Waals surface area contributed by atoms with E-state index in [0.29, 0.717) is 0 Å². The van der Waals surface area contributed by atoms with E-state index in [0.717, 1.165) is 35.7 Å². The number of hydrogen-bond acceptors (Lipinski definition) is 3. The lowest BCUT2D eigenvalue weighted by Crippen LogP contribution is -1.95. The minimum Gasteiger partial charge on any atom is -0.446 e. The Morgan fingerprint density at radius 3 is 2.69 bits per heavy atom. The van der Waals surface area contributed by atoms with Crippen molar-refractivity contribution in [3.05, 3.63) is 47.2 Å². The molecule has 2 rings (SSSR count). The van der Waals surface area contributed by atoms with Crippen LogP contribution in [0.1, 0.15) is 22.8 Å². The van der Waals surface area contributed by atoms with Gasteiger partial charge in [-0.25, -0.2) is 4.98 Å². The Balaban J connectivity index is 2.02. The number of nitrogen functional groups attached to an aromatic ring is 1. The lowest BCUT2D eigenvalue weighted by molar-refractivity contribution is 0.470. The minimum absolute atomic E-state index is 0.789. The monoisotopic (exact) mass is 216 g/mol. The van der Waals surface area contributed by atoms with Crippen molar-refractivity contribution in [1.82, 2.24) is 4.98 Å². The third-order valence-electron chi connectivity index (χ3n) is 2.64. The second-order valence-electron chi connectivity index (χ2n) is 4.06. The van der Waals surface area contributed by atoms with Crippen molar-refractivity contribution < 1.29 is 4.42 Å². The van der Waals surface area contributed by atoms with Gasteiger partial charge in [0.2, 0.25) is 0 Å². The highest BCUT2D eigenvalue weighted by molar-refractivity contribution is 5.48. The molecule has 1 aromatic carbocycles. The maximum Gasteiger partial charge on any atom is 0.194 e. The van der Waals surface area contributed by atoms with Crippen LogP contribution in [-0.2, 0) is 12.8 Å². The van der Waals surface area contributed by atoms with Crippen LogP contribution in [-0.4, -0.2) is 4.98 Å². The van der Waals surface area contributed by atoms with Gasteiger partial charge in [0.25, 0.3) is 0 Å². The molecular weight excluding hydrogens is 200 g/mol. The fourth-order valence-corrected chi connectivity index (χ4v) is 1.61. The number of nitrogens with two attached hydrogens (primary N) is 1. The van der Waals surface area contributed by atoms with Crippen molar-refractivity contribution in [1.29, 1.82) is 0 Å². The lowest BCUT2D eigenvalue weighted by Gasteiger charge is -2.03. The highest BCUT2D eigenvalue weighted by Gasteiger charge is 2.02. The average Bonchev–Trinajstić information content (AvgIpc) is 2.66. The summed E-state index contributed by atoms with van der Waals surface area (Å²) in [7, 11) is 0. The van der Waals surface area contributed by atoms with E-state index in [4.69, 9.17) is 10.2 Å². The molecule has 0 unspecified atom stereocenters. The topological polar surface area (TPSA) is 52.0 Å². The summed E-state index contributed by atoms with van der Waals surface area (Å²) in [5, 5.41) is 0. The van der Waals surface area contributed by atoms with Crippen molar-refractivity contribution in [3.63, 3.8) is 0 Å². The molecule has 0 fully saturated rings. The molecule has 2 N–H and O–H groups in total. The average molecular weight is 216 g/mol. The van der Waals surface area contributed by atoms with Crippen molar-refractivity contribution in [3.8, 4) is 0 Å². The first-order chi connectivity index (χ1) is 7.65. The van der Waals surface area contributed by atoms with Gasteiger partial charge in [-0.05, 0) is 37.5 Å².